The predicted molar refractivity (Wildman–Crippen MR) is 311 cm³/mol. The summed E-state index contributed by atoms with van der Waals surface area (Å²) in [6.45, 7) is 7.20. The fourth-order valence-corrected chi connectivity index (χ4v) is 10.7. The molecular weight excluding hydrogens is 1000 g/mol. The maximum atomic E-state index is 13.4. The number of anilines is 2. The molecule has 77 heavy (non-hydrogen) atoms. The number of ether oxygens (including phenoxy) is 2. The van der Waals surface area contributed by atoms with Crippen molar-refractivity contribution < 1.29 is 28.2 Å². The molecule has 8 aromatic rings. The Morgan fingerprint density at radius 1 is 0.519 bits per heavy atom. The quantitative estimate of drug-likeness (QED) is 0.0279. The van der Waals surface area contributed by atoms with E-state index < -0.39 is 22.4 Å². The number of aryl methyl sites for hydroxylation is 2. The van der Waals surface area contributed by atoms with Crippen molar-refractivity contribution in [1.29, 1.82) is 0 Å². The molecule has 2 heterocycles. The molecular formula is C63H66N6O6S2. The first-order valence-corrected chi connectivity index (χ1v) is 28.9. The first-order chi connectivity index (χ1) is 37.7. The molecule has 8 rings (SSSR count). The van der Waals surface area contributed by atoms with Crippen LogP contribution in [0.2, 0.25) is 0 Å². The molecule has 0 aliphatic carbocycles. The number of imidazole rings is 2. The molecule has 0 aliphatic heterocycles. The summed E-state index contributed by atoms with van der Waals surface area (Å²) in [5, 5.41) is 5.80. The van der Waals surface area contributed by atoms with Crippen molar-refractivity contribution in [1.82, 2.24) is 19.1 Å². The second-order valence-corrected chi connectivity index (χ2v) is 21.5. The van der Waals surface area contributed by atoms with Crippen LogP contribution < -0.4 is 20.1 Å². The van der Waals surface area contributed by atoms with E-state index in [1.54, 1.807) is 85.7 Å². The predicted octanol–water partition coefficient (Wildman–Crippen LogP) is 13.6. The van der Waals surface area contributed by atoms with E-state index in [4.69, 9.17) is 9.47 Å². The number of amides is 2. The lowest BCUT2D eigenvalue weighted by molar-refractivity contribution is -0.112. The van der Waals surface area contributed by atoms with Crippen LogP contribution in [0.1, 0.15) is 81.3 Å². The number of nitrogens with one attached hydrogen (secondary N) is 2. The van der Waals surface area contributed by atoms with E-state index in [-0.39, 0.29) is 11.8 Å². The molecule has 0 unspecified atom stereocenters. The molecule has 0 radical (unpaired) electrons. The molecule has 0 fully saturated rings. The van der Waals surface area contributed by atoms with E-state index in [1.807, 2.05) is 102 Å². The summed E-state index contributed by atoms with van der Waals surface area (Å²) in [6.07, 6.45) is 20.8. The Morgan fingerprint density at radius 3 is 1.44 bits per heavy atom. The van der Waals surface area contributed by atoms with Gasteiger partial charge in [0.15, 0.2) is 21.3 Å². The Labute approximate surface area is 458 Å². The third-order valence-corrected chi connectivity index (χ3v) is 15.4. The molecule has 0 aliphatic rings. The van der Waals surface area contributed by atoms with Crippen LogP contribution in [0.25, 0.3) is 34.4 Å². The Bertz CT molecular complexity index is 3170. The highest BCUT2D eigenvalue weighted by atomic mass is 32.2. The Morgan fingerprint density at radius 2 is 0.974 bits per heavy atom. The van der Waals surface area contributed by atoms with Crippen molar-refractivity contribution in [2.45, 2.75) is 93.2 Å². The van der Waals surface area contributed by atoms with Crippen molar-refractivity contribution in [3.63, 3.8) is 0 Å². The van der Waals surface area contributed by atoms with Crippen molar-refractivity contribution in [3.05, 3.63) is 205 Å². The fraction of sp³-hybridized carbons (Fsp3) is 0.238. The normalized spacial score (nSPS) is 12.2. The second kappa shape index (κ2) is 29.0. The van der Waals surface area contributed by atoms with Gasteiger partial charge < -0.3 is 38.3 Å². The second-order valence-electron chi connectivity index (χ2n) is 18.6. The number of aromatic nitrogens is 4. The van der Waals surface area contributed by atoms with E-state index in [0.29, 0.717) is 45.9 Å². The van der Waals surface area contributed by atoms with Crippen molar-refractivity contribution >= 4 is 57.7 Å². The highest BCUT2D eigenvalue weighted by molar-refractivity contribution is 7.91. The van der Waals surface area contributed by atoms with Crippen LogP contribution in [0.4, 0.5) is 11.4 Å². The monoisotopic (exact) mass is 1070 g/mol. The SMILES string of the molecule is CCCCOc1ccc(-c2cccc(/C=C/C(=O)Nc3ccc([S@@+]([O-])Cc4cncn4CCCCCCOc4ccc(-c5cccc(/C=C/C(=O)Nc6ccc([S@+]([O-])Cc7cncn7CCC)cc6)c5)cc4)cc3)c2)cc1. The maximum absolute atomic E-state index is 13.4. The lowest BCUT2D eigenvalue weighted by Gasteiger charge is -2.13. The summed E-state index contributed by atoms with van der Waals surface area (Å²) < 4.78 is 42.4. The Hall–Kier alpha value is -7.62. The molecule has 2 N–H and O–H groups in total. The summed E-state index contributed by atoms with van der Waals surface area (Å²) in [7, 11) is 0. The Balaban J connectivity index is 0.704. The van der Waals surface area contributed by atoms with Gasteiger partial charge in [0.05, 0.1) is 49.6 Å². The minimum absolute atomic E-state index is 0.253. The van der Waals surface area contributed by atoms with Crippen molar-refractivity contribution in [2.75, 3.05) is 23.8 Å². The number of hydrogen-bond acceptors (Lipinski definition) is 8. The molecule has 0 saturated heterocycles. The number of unbranched alkanes of at least 4 members (excludes halogenated alkanes) is 4. The summed E-state index contributed by atoms with van der Waals surface area (Å²) in [6, 6.07) is 46.4. The van der Waals surface area contributed by atoms with Gasteiger partial charge in [0, 0.05) is 36.6 Å². The maximum Gasteiger partial charge on any atom is 0.248 e. The van der Waals surface area contributed by atoms with Gasteiger partial charge in [0.25, 0.3) is 0 Å². The smallest absolute Gasteiger partial charge is 0.248 e. The number of carbonyl (C=O) groups is 2. The van der Waals surface area contributed by atoms with Crippen LogP contribution in [0.5, 0.6) is 11.5 Å². The standard InChI is InChI=1S/C63H66N6O6S2/c1-3-5-38-74-58-26-18-50(19-27-58)52-14-10-12-48(40-52)16-34-63(71)67-55-24-32-61(33-25-55)77(73)45-57-43-65-47-69(57)37-8-6-7-9-39-75-59-28-20-51(21-29-59)53-15-11-13-49(41-53)17-35-62(70)66-54-22-30-60(31-23-54)76(72)44-56-42-64-46-68(56)36-4-2/h10-35,40-43,46-47H,3-9,36-39,44-45H2,1-2H3,(H,66,70)(H,67,71)/b34-16+,35-17+/t76-,77+/m1/s1. The van der Waals surface area contributed by atoms with E-state index in [1.165, 1.54) is 12.2 Å². The van der Waals surface area contributed by atoms with Gasteiger partial charge in [0.1, 0.15) is 11.5 Å². The highest BCUT2D eigenvalue weighted by Gasteiger charge is 2.17. The van der Waals surface area contributed by atoms with Crippen LogP contribution in [-0.2, 0) is 56.5 Å². The minimum Gasteiger partial charge on any atom is -0.611 e. The van der Waals surface area contributed by atoms with E-state index in [0.717, 1.165) is 114 Å². The molecule has 0 saturated carbocycles. The third kappa shape index (κ3) is 17.2. The number of rotatable bonds is 28. The van der Waals surface area contributed by atoms with Crippen molar-refractivity contribution in [2.24, 2.45) is 0 Å². The lowest BCUT2D eigenvalue weighted by atomic mass is 10.0. The average molecular weight is 1070 g/mol. The largest absolute Gasteiger partial charge is 0.611 e. The van der Waals surface area contributed by atoms with Gasteiger partial charge in [-0.3, -0.25) is 9.59 Å². The van der Waals surface area contributed by atoms with Gasteiger partial charge in [-0.1, -0.05) is 93.8 Å². The third-order valence-electron chi connectivity index (χ3n) is 12.7. The van der Waals surface area contributed by atoms with Crippen LogP contribution in [0, 0.1) is 0 Å². The van der Waals surface area contributed by atoms with Gasteiger partial charge in [0.2, 0.25) is 11.8 Å². The van der Waals surface area contributed by atoms with E-state index >= 15 is 0 Å². The molecule has 0 bridgehead atoms. The van der Waals surface area contributed by atoms with Gasteiger partial charge in [-0.25, -0.2) is 9.97 Å². The molecule has 14 heteroatoms. The first kappa shape index (κ1) is 55.6. The summed E-state index contributed by atoms with van der Waals surface area (Å²) in [4.78, 5) is 35.6. The van der Waals surface area contributed by atoms with Crippen LogP contribution >= 0.6 is 0 Å². The average Bonchev–Trinajstić information content (AvgIpc) is 4.10. The Kier molecular flexibility index (Phi) is 21.0. The number of nitrogens with zero attached hydrogens (tertiary/aromatic N) is 4. The molecule has 2 aromatic heterocycles. The van der Waals surface area contributed by atoms with Crippen LogP contribution in [0.15, 0.2) is 193 Å². The molecule has 0 spiro atoms. The van der Waals surface area contributed by atoms with Crippen molar-refractivity contribution in [3.8, 4) is 33.8 Å². The summed E-state index contributed by atoms with van der Waals surface area (Å²) in [5.41, 5.74) is 9.10. The van der Waals surface area contributed by atoms with E-state index in [9.17, 15) is 18.7 Å². The zero-order valence-corrected chi connectivity index (χ0v) is 45.4. The minimum atomic E-state index is -1.29. The number of benzene rings is 6. The fourth-order valence-electron chi connectivity index (χ4n) is 8.50. The zero-order valence-electron chi connectivity index (χ0n) is 43.7. The van der Waals surface area contributed by atoms with E-state index in [2.05, 4.69) is 39.0 Å². The summed E-state index contributed by atoms with van der Waals surface area (Å²) in [5.74, 6) is 1.89. The van der Waals surface area contributed by atoms with Gasteiger partial charge in [-0.2, -0.15) is 0 Å². The first-order valence-electron chi connectivity index (χ1n) is 26.3. The molecule has 396 valence electrons. The zero-order chi connectivity index (χ0) is 53.6. The molecule has 2 atom stereocenters. The lowest BCUT2D eigenvalue weighted by Crippen LogP contribution is -2.11. The molecule has 2 amide bonds. The van der Waals surface area contributed by atoms with Gasteiger partial charge in [-0.05, 0) is 178 Å². The van der Waals surface area contributed by atoms with Crippen LogP contribution in [-0.4, -0.2) is 53.2 Å². The molecule has 6 aromatic carbocycles. The van der Waals surface area contributed by atoms with Gasteiger partial charge in [-0.15, -0.1) is 0 Å². The number of hydrogen-bond donors (Lipinski definition) is 2. The number of carbonyl (C=O) groups excluding carboxylic acids is 2. The topological polar surface area (TPSA) is 158 Å². The summed E-state index contributed by atoms with van der Waals surface area (Å²) >= 11 is -2.51. The molecule has 12 nitrogen and oxygen atoms in total. The van der Waals surface area contributed by atoms with Gasteiger partial charge >= 0.3 is 0 Å². The van der Waals surface area contributed by atoms with Crippen LogP contribution in [0.3, 0.4) is 0 Å². The highest BCUT2D eigenvalue weighted by Crippen LogP contribution is 2.27.